The molecule has 3 heteroatoms. The maximum absolute atomic E-state index is 11.1. The van der Waals surface area contributed by atoms with Gasteiger partial charge in [-0.05, 0) is 24.7 Å². The van der Waals surface area contributed by atoms with Gasteiger partial charge >= 0.3 is 5.97 Å². The molecule has 0 heterocycles. The van der Waals surface area contributed by atoms with Crippen molar-refractivity contribution in [2.24, 2.45) is 23.0 Å². The largest absolute Gasteiger partial charge is 0.481 e. The predicted octanol–water partition coefficient (Wildman–Crippen LogP) is 1.23. The lowest BCUT2D eigenvalue weighted by atomic mass is 9.84. The molecule has 2 atom stereocenters. The summed E-state index contributed by atoms with van der Waals surface area (Å²) in [5.74, 6) is 0.628. The summed E-state index contributed by atoms with van der Waals surface area (Å²) < 4.78 is 0. The molecular formula is C10H17NO2. The van der Waals surface area contributed by atoms with Crippen LogP contribution in [0.3, 0.4) is 0 Å². The standard InChI is InChI=1S/C10H17NO2/c11-6-10(9(12)13)4-7-2-1-3-8(7)5-10/h7-8H,1-6,11H2,(H,12,13). The number of carboxylic acid groups (broad SMARTS) is 1. The van der Waals surface area contributed by atoms with E-state index in [1.807, 2.05) is 0 Å². The van der Waals surface area contributed by atoms with E-state index in [1.54, 1.807) is 0 Å². The van der Waals surface area contributed by atoms with Crippen LogP contribution in [0.5, 0.6) is 0 Å². The van der Waals surface area contributed by atoms with Crippen LogP contribution in [0.25, 0.3) is 0 Å². The van der Waals surface area contributed by atoms with E-state index in [9.17, 15) is 4.79 Å². The summed E-state index contributed by atoms with van der Waals surface area (Å²) in [6.45, 7) is 0.315. The molecule has 0 aromatic heterocycles. The topological polar surface area (TPSA) is 63.3 Å². The fourth-order valence-corrected chi connectivity index (χ4v) is 3.17. The highest BCUT2D eigenvalue weighted by molar-refractivity contribution is 5.75. The number of aliphatic carboxylic acids is 1. The first-order valence-electron chi connectivity index (χ1n) is 5.11. The van der Waals surface area contributed by atoms with Crippen molar-refractivity contribution in [3.8, 4) is 0 Å². The maximum Gasteiger partial charge on any atom is 0.310 e. The molecule has 3 nitrogen and oxygen atoms in total. The molecule has 2 rings (SSSR count). The minimum absolute atomic E-state index is 0.315. The molecule has 2 saturated carbocycles. The molecule has 0 bridgehead atoms. The number of hydrogen-bond donors (Lipinski definition) is 2. The Bertz CT molecular complexity index is 215. The summed E-state index contributed by atoms with van der Waals surface area (Å²) in [4.78, 5) is 11.1. The molecule has 2 aliphatic carbocycles. The van der Waals surface area contributed by atoms with Crippen molar-refractivity contribution in [1.82, 2.24) is 0 Å². The molecule has 0 spiro atoms. The summed E-state index contributed by atoms with van der Waals surface area (Å²) in [7, 11) is 0. The molecule has 0 aromatic carbocycles. The van der Waals surface area contributed by atoms with Crippen LogP contribution in [0.4, 0.5) is 0 Å². The van der Waals surface area contributed by atoms with E-state index < -0.39 is 11.4 Å². The van der Waals surface area contributed by atoms with E-state index >= 15 is 0 Å². The zero-order chi connectivity index (χ0) is 9.47. The Hall–Kier alpha value is -0.570. The zero-order valence-electron chi connectivity index (χ0n) is 7.83. The molecule has 13 heavy (non-hydrogen) atoms. The summed E-state index contributed by atoms with van der Waals surface area (Å²) in [6.07, 6.45) is 5.38. The van der Waals surface area contributed by atoms with Gasteiger partial charge in [0.2, 0.25) is 0 Å². The summed E-state index contributed by atoms with van der Waals surface area (Å²) in [6, 6.07) is 0. The number of carbonyl (C=O) groups is 1. The third-order valence-electron chi connectivity index (χ3n) is 3.97. The first kappa shape index (κ1) is 9.00. The molecule has 74 valence electrons. The lowest BCUT2D eigenvalue weighted by Gasteiger charge is -2.22. The second-order valence-corrected chi connectivity index (χ2v) is 4.65. The maximum atomic E-state index is 11.1. The Morgan fingerprint density at radius 2 is 1.92 bits per heavy atom. The lowest BCUT2D eigenvalue weighted by Crippen LogP contribution is -2.36. The minimum Gasteiger partial charge on any atom is -0.481 e. The van der Waals surface area contributed by atoms with Gasteiger partial charge < -0.3 is 10.8 Å². The van der Waals surface area contributed by atoms with E-state index in [0.717, 1.165) is 12.8 Å². The van der Waals surface area contributed by atoms with E-state index in [1.165, 1.54) is 19.3 Å². The predicted molar refractivity (Wildman–Crippen MR) is 49.2 cm³/mol. The molecule has 0 aromatic rings. The monoisotopic (exact) mass is 183 g/mol. The van der Waals surface area contributed by atoms with Crippen molar-refractivity contribution >= 4 is 5.97 Å². The van der Waals surface area contributed by atoms with Gasteiger partial charge in [-0.2, -0.15) is 0 Å². The first-order chi connectivity index (χ1) is 6.18. The Labute approximate surface area is 78.3 Å². The van der Waals surface area contributed by atoms with Crippen molar-refractivity contribution in [2.75, 3.05) is 6.54 Å². The van der Waals surface area contributed by atoms with Crippen LogP contribution in [0, 0.1) is 17.3 Å². The Balaban J connectivity index is 2.14. The highest BCUT2D eigenvalue weighted by Gasteiger charge is 2.50. The van der Waals surface area contributed by atoms with Crippen LogP contribution in [-0.2, 0) is 4.79 Å². The fraction of sp³-hybridized carbons (Fsp3) is 0.900. The molecule has 0 saturated heterocycles. The average molecular weight is 183 g/mol. The van der Waals surface area contributed by atoms with E-state index in [4.69, 9.17) is 10.8 Å². The van der Waals surface area contributed by atoms with E-state index in [-0.39, 0.29) is 0 Å². The van der Waals surface area contributed by atoms with Crippen LogP contribution < -0.4 is 5.73 Å². The van der Waals surface area contributed by atoms with Gasteiger partial charge in [0.15, 0.2) is 0 Å². The van der Waals surface area contributed by atoms with Crippen molar-refractivity contribution in [2.45, 2.75) is 32.1 Å². The number of rotatable bonds is 2. The van der Waals surface area contributed by atoms with E-state index in [2.05, 4.69) is 0 Å². The van der Waals surface area contributed by atoms with Crippen LogP contribution >= 0.6 is 0 Å². The summed E-state index contributed by atoms with van der Waals surface area (Å²) in [5.41, 5.74) is 5.02. The first-order valence-corrected chi connectivity index (χ1v) is 5.11. The zero-order valence-corrected chi connectivity index (χ0v) is 7.83. The van der Waals surface area contributed by atoms with Crippen LogP contribution in [0.2, 0.25) is 0 Å². The van der Waals surface area contributed by atoms with Crippen molar-refractivity contribution in [3.05, 3.63) is 0 Å². The number of hydrogen-bond acceptors (Lipinski definition) is 2. The quantitative estimate of drug-likeness (QED) is 0.676. The highest BCUT2D eigenvalue weighted by Crippen LogP contribution is 2.52. The van der Waals surface area contributed by atoms with Gasteiger partial charge in [0.1, 0.15) is 0 Å². The molecule has 0 aliphatic heterocycles. The molecule has 2 fully saturated rings. The fourth-order valence-electron chi connectivity index (χ4n) is 3.17. The molecular weight excluding hydrogens is 166 g/mol. The molecule has 0 radical (unpaired) electrons. The average Bonchev–Trinajstić information content (AvgIpc) is 2.59. The number of fused-ring (bicyclic) bond motifs is 1. The normalized spacial score (nSPS) is 43.5. The van der Waals surface area contributed by atoms with Crippen LogP contribution in [-0.4, -0.2) is 17.6 Å². The Morgan fingerprint density at radius 3 is 2.31 bits per heavy atom. The lowest BCUT2D eigenvalue weighted by molar-refractivity contribution is -0.148. The summed E-state index contributed by atoms with van der Waals surface area (Å²) >= 11 is 0. The van der Waals surface area contributed by atoms with Gasteiger partial charge in [-0.3, -0.25) is 4.79 Å². The van der Waals surface area contributed by atoms with Gasteiger partial charge in [0.25, 0.3) is 0 Å². The van der Waals surface area contributed by atoms with Gasteiger partial charge in [0.05, 0.1) is 5.41 Å². The number of carboxylic acids is 1. The van der Waals surface area contributed by atoms with Crippen LogP contribution in [0.1, 0.15) is 32.1 Å². The highest BCUT2D eigenvalue weighted by atomic mass is 16.4. The number of nitrogens with two attached hydrogens (primary N) is 1. The van der Waals surface area contributed by atoms with Gasteiger partial charge in [0, 0.05) is 6.54 Å². The van der Waals surface area contributed by atoms with Crippen LogP contribution in [0.15, 0.2) is 0 Å². The van der Waals surface area contributed by atoms with Gasteiger partial charge in [-0.1, -0.05) is 19.3 Å². The Morgan fingerprint density at radius 1 is 1.38 bits per heavy atom. The second-order valence-electron chi connectivity index (χ2n) is 4.65. The molecule has 2 aliphatic rings. The third-order valence-corrected chi connectivity index (χ3v) is 3.97. The minimum atomic E-state index is -0.676. The van der Waals surface area contributed by atoms with Gasteiger partial charge in [-0.15, -0.1) is 0 Å². The Kier molecular flexibility index (Phi) is 2.06. The third kappa shape index (κ3) is 1.26. The molecule has 0 amide bonds. The summed E-state index contributed by atoms with van der Waals surface area (Å²) in [5, 5.41) is 9.14. The van der Waals surface area contributed by atoms with E-state index in [0.29, 0.717) is 18.4 Å². The smallest absolute Gasteiger partial charge is 0.310 e. The van der Waals surface area contributed by atoms with Crippen molar-refractivity contribution in [3.63, 3.8) is 0 Å². The van der Waals surface area contributed by atoms with Crippen molar-refractivity contribution in [1.29, 1.82) is 0 Å². The molecule has 3 N–H and O–H groups in total. The van der Waals surface area contributed by atoms with Crippen molar-refractivity contribution < 1.29 is 9.90 Å². The van der Waals surface area contributed by atoms with Gasteiger partial charge in [-0.25, -0.2) is 0 Å². The second kappa shape index (κ2) is 2.98. The SMILES string of the molecule is NCC1(C(=O)O)CC2CCCC2C1. The molecule has 2 unspecified atom stereocenters.